The molecule has 52 heavy (non-hydrogen) atoms. The SMILES string of the molecule is CC(C)(C)OC(=O)NCCN(CCNC(=O)OC(C)(C)C)C(=O)C(=O)NCC(=O)NC(CCc1ccccc1)C(=O)Nc1cnc2ccccc2c1. The van der Waals surface area contributed by atoms with Gasteiger partial charge in [0, 0.05) is 31.6 Å². The highest BCUT2D eigenvalue weighted by atomic mass is 16.6. The van der Waals surface area contributed by atoms with Crippen LogP contribution in [0.2, 0.25) is 0 Å². The summed E-state index contributed by atoms with van der Waals surface area (Å²) in [5.41, 5.74) is 0.683. The zero-order chi connectivity index (χ0) is 38.3. The fourth-order valence-corrected chi connectivity index (χ4v) is 4.75. The number of aryl methyl sites for hydroxylation is 1. The van der Waals surface area contributed by atoms with Crippen LogP contribution in [-0.4, -0.2) is 95.7 Å². The molecule has 1 heterocycles. The molecule has 0 saturated carbocycles. The summed E-state index contributed by atoms with van der Waals surface area (Å²) in [6.07, 6.45) is 0.827. The van der Waals surface area contributed by atoms with E-state index in [0.29, 0.717) is 12.1 Å². The maximum atomic E-state index is 13.4. The number of amides is 6. The first-order valence-corrected chi connectivity index (χ1v) is 17.0. The first-order chi connectivity index (χ1) is 24.5. The highest BCUT2D eigenvalue weighted by molar-refractivity contribution is 6.35. The number of hydrogen-bond acceptors (Lipinski definition) is 9. The fourth-order valence-electron chi connectivity index (χ4n) is 4.75. The molecule has 5 N–H and O–H groups in total. The first-order valence-electron chi connectivity index (χ1n) is 17.0. The highest BCUT2D eigenvalue weighted by Crippen LogP contribution is 2.17. The summed E-state index contributed by atoms with van der Waals surface area (Å²) in [5.74, 6) is -3.29. The molecule has 0 radical (unpaired) electrons. The van der Waals surface area contributed by atoms with Gasteiger partial charge in [0.1, 0.15) is 17.2 Å². The fraction of sp³-hybridized carbons (Fsp3) is 0.432. The number of carbonyl (C=O) groups is 6. The molecule has 0 bridgehead atoms. The zero-order valence-corrected chi connectivity index (χ0v) is 30.5. The molecule has 15 nitrogen and oxygen atoms in total. The standard InChI is InChI=1S/C37H49N7O8/c1-36(2,3)51-34(49)38-18-20-44(21-19-39-35(50)52-37(4,5)6)33(48)32(47)41-24-30(45)43-29(17-16-25-12-8-7-9-13-25)31(46)42-27-22-26-14-10-11-15-28(26)40-23-27/h7-15,22-23,29H,16-21,24H2,1-6H3,(H,38,49)(H,39,50)(H,41,47)(H,42,46)(H,43,45). The van der Waals surface area contributed by atoms with Gasteiger partial charge in [-0.15, -0.1) is 0 Å². The lowest BCUT2D eigenvalue weighted by Crippen LogP contribution is -2.51. The Morgan fingerprint density at radius 1 is 0.769 bits per heavy atom. The summed E-state index contributed by atoms with van der Waals surface area (Å²) < 4.78 is 10.4. The van der Waals surface area contributed by atoms with E-state index in [2.05, 4.69) is 31.6 Å². The second-order valence-corrected chi connectivity index (χ2v) is 13.9. The average Bonchev–Trinajstić information content (AvgIpc) is 3.06. The summed E-state index contributed by atoms with van der Waals surface area (Å²) in [5, 5.41) is 13.6. The minimum atomic E-state index is -1.10. The van der Waals surface area contributed by atoms with Crippen molar-refractivity contribution in [2.24, 2.45) is 0 Å². The maximum absolute atomic E-state index is 13.4. The molecule has 0 saturated heterocycles. The van der Waals surface area contributed by atoms with E-state index in [1.54, 1.807) is 47.6 Å². The number of aromatic nitrogens is 1. The maximum Gasteiger partial charge on any atom is 0.407 e. The lowest BCUT2D eigenvalue weighted by atomic mass is 10.0. The van der Waals surface area contributed by atoms with Gasteiger partial charge in [-0.2, -0.15) is 0 Å². The van der Waals surface area contributed by atoms with E-state index in [4.69, 9.17) is 9.47 Å². The van der Waals surface area contributed by atoms with Gasteiger partial charge in [0.15, 0.2) is 0 Å². The number of benzene rings is 2. The number of nitrogens with zero attached hydrogens (tertiary/aromatic N) is 2. The summed E-state index contributed by atoms with van der Waals surface area (Å²) >= 11 is 0. The summed E-state index contributed by atoms with van der Waals surface area (Å²) in [6, 6.07) is 17.7. The van der Waals surface area contributed by atoms with E-state index < -0.39 is 59.6 Å². The van der Waals surface area contributed by atoms with Crippen LogP contribution in [0.15, 0.2) is 66.9 Å². The van der Waals surface area contributed by atoms with Crippen molar-refractivity contribution < 1.29 is 38.2 Å². The minimum absolute atomic E-state index is 0.0637. The van der Waals surface area contributed by atoms with Crippen molar-refractivity contribution in [3.8, 4) is 0 Å². The number of alkyl carbamates (subject to hydrolysis) is 2. The molecule has 0 aliphatic heterocycles. The number of rotatable bonds is 14. The van der Waals surface area contributed by atoms with E-state index in [9.17, 15) is 28.8 Å². The highest BCUT2D eigenvalue weighted by Gasteiger charge is 2.26. The van der Waals surface area contributed by atoms with Crippen LogP contribution in [0, 0.1) is 0 Å². The topological polar surface area (TPSA) is 197 Å². The van der Waals surface area contributed by atoms with Crippen LogP contribution < -0.4 is 26.6 Å². The van der Waals surface area contributed by atoms with Gasteiger partial charge in [-0.1, -0.05) is 48.5 Å². The van der Waals surface area contributed by atoms with Crippen molar-refractivity contribution in [1.82, 2.24) is 31.2 Å². The predicted molar refractivity (Wildman–Crippen MR) is 195 cm³/mol. The number of hydrogen-bond donors (Lipinski definition) is 5. The van der Waals surface area contributed by atoms with Gasteiger partial charge in [0.2, 0.25) is 11.8 Å². The number of fused-ring (bicyclic) bond motifs is 1. The number of anilines is 1. The van der Waals surface area contributed by atoms with Crippen molar-refractivity contribution in [3.05, 3.63) is 72.4 Å². The Kier molecular flexibility index (Phi) is 14.9. The first kappa shape index (κ1) is 40.7. The van der Waals surface area contributed by atoms with Crippen molar-refractivity contribution >= 4 is 52.4 Å². The molecule has 2 aromatic carbocycles. The Labute approximate surface area is 303 Å². The van der Waals surface area contributed by atoms with E-state index in [0.717, 1.165) is 21.4 Å². The van der Waals surface area contributed by atoms with Gasteiger partial charge in [-0.05, 0) is 72.1 Å². The normalized spacial score (nSPS) is 11.8. The van der Waals surface area contributed by atoms with Crippen molar-refractivity contribution in [1.29, 1.82) is 0 Å². The lowest BCUT2D eigenvalue weighted by Gasteiger charge is -2.24. The molecule has 1 unspecified atom stereocenters. The molecular weight excluding hydrogens is 670 g/mol. The van der Waals surface area contributed by atoms with Gasteiger partial charge in [-0.3, -0.25) is 24.2 Å². The molecule has 1 aromatic heterocycles. The van der Waals surface area contributed by atoms with E-state index in [1.165, 1.54) is 6.20 Å². The van der Waals surface area contributed by atoms with Crippen LogP contribution in [0.5, 0.6) is 0 Å². The number of ether oxygens (including phenoxy) is 2. The zero-order valence-electron chi connectivity index (χ0n) is 30.5. The number of carbonyl (C=O) groups excluding carboxylic acids is 6. The third kappa shape index (κ3) is 15.0. The molecule has 3 rings (SSSR count). The monoisotopic (exact) mass is 719 g/mol. The van der Waals surface area contributed by atoms with Gasteiger partial charge in [-0.25, -0.2) is 9.59 Å². The molecule has 3 aromatic rings. The van der Waals surface area contributed by atoms with Crippen LogP contribution in [0.25, 0.3) is 10.9 Å². The third-order valence-electron chi connectivity index (χ3n) is 7.07. The van der Waals surface area contributed by atoms with E-state index in [-0.39, 0.29) is 32.6 Å². The van der Waals surface area contributed by atoms with Crippen molar-refractivity contribution in [3.63, 3.8) is 0 Å². The van der Waals surface area contributed by atoms with Crippen LogP contribution >= 0.6 is 0 Å². The van der Waals surface area contributed by atoms with Gasteiger partial charge < -0.3 is 41.0 Å². The third-order valence-corrected chi connectivity index (χ3v) is 7.07. The number of nitrogens with one attached hydrogen (secondary N) is 5. The Bertz CT molecular complexity index is 1670. The van der Waals surface area contributed by atoms with Crippen LogP contribution in [0.4, 0.5) is 15.3 Å². The van der Waals surface area contributed by atoms with Crippen molar-refractivity contribution in [2.75, 3.05) is 38.0 Å². The second-order valence-electron chi connectivity index (χ2n) is 13.9. The molecule has 1 atom stereocenters. The van der Waals surface area contributed by atoms with E-state index >= 15 is 0 Å². The summed E-state index contributed by atoms with van der Waals surface area (Å²) in [7, 11) is 0. The molecule has 280 valence electrons. The summed E-state index contributed by atoms with van der Waals surface area (Å²) in [6.45, 7) is 9.25. The smallest absolute Gasteiger partial charge is 0.407 e. The number of para-hydroxylation sites is 1. The largest absolute Gasteiger partial charge is 0.444 e. The van der Waals surface area contributed by atoms with Gasteiger partial charge in [0.25, 0.3) is 0 Å². The Morgan fingerprint density at radius 3 is 1.94 bits per heavy atom. The Morgan fingerprint density at radius 2 is 1.35 bits per heavy atom. The molecule has 15 heteroatoms. The molecular formula is C37H49N7O8. The summed E-state index contributed by atoms with van der Waals surface area (Å²) in [4.78, 5) is 82.3. The van der Waals surface area contributed by atoms with Crippen LogP contribution in [0.1, 0.15) is 53.5 Å². The lowest BCUT2D eigenvalue weighted by molar-refractivity contribution is -0.146. The number of pyridine rings is 1. The van der Waals surface area contributed by atoms with Gasteiger partial charge >= 0.3 is 24.0 Å². The molecule has 0 fully saturated rings. The molecule has 0 aliphatic rings. The van der Waals surface area contributed by atoms with Crippen LogP contribution in [0.3, 0.4) is 0 Å². The van der Waals surface area contributed by atoms with Gasteiger partial charge in [0.05, 0.1) is 23.9 Å². The quantitative estimate of drug-likeness (QED) is 0.155. The predicted octanol–water partition coefficient (Wildman–Crippen LogP) is 3.29. The molecule has 0 spiro atoms. The van der Waals surface area contributed by atoms with E-state index in [1.807, 2.05) is 54.6 Å². The minimum Gasteiger partial charge on any atom is -0.444 e. The van der Waals surface area contributed by atoms with Crippen LogP contribution in [-0.2, 0) is 35.1 Å². The molecule has 0 aliphatic carbocycles. The molecule has 6 amide bonds. The second kappa shape index (κ2) is 19.0. The Balaban J connectivity index is 1.62. The Hall–Kier alpha value is -5.73. The average molecular weight is 720 g/mol. The van der Waals surface area contributed by atoms with Crippen molar-refractivity contribution in [2.45, 2.75) is 71.6 Å².